The van der Waals surface area contributed by atoms with Crippen LogP contribution in [0.1, 0.15) is 13.3 Å². The highest BCUT2D eigenvalue weighted by atomic mass is 35.5. The van der Waals surface area contributed by atoms with E-state index in [9.17, 15) is 0 Å². The minimum atomic E-state index is 0.149. The quantitative estimate of drug-likeness (QED) is 0.788. The summed E-state index contributed by atoms with van der Waals surface area (Å²) in [6.45, 7) is 2.62. The number of nitrogens with one attached hydrogen (secondary N) is 1. The summed E-state index contributed by atoms with van der Waals surface area (Å²) >= 11 is 5.70. The Balaban J connectivity index is 2.44. The highest BCUT2D eigenvalue weighted by Crippen LogP contribution is 2.20. The second-order valence-corrected chi connectivity index (χ2v) is 3.09. The number of aromatic nitrogens is 4. The number of hydrogen-bond donors (Lipinski definition) is 1. The highest BCUT2D eigenvalue weighted by molar-refractivity contribution is 6.28. The fraction of sp³-hybridized carbons (Fsp3) is 0.375. The molecule has 0 radical (unpaired) electrons. The normalized spacial score (nSPS) is 10.7. The van der Waals surface area contributed by atoms with E-state index >= 15 is 0 Å². The molecule has 5 nitrogen and oxygen atoms in total. The zero-order valence-corrected chi connectivity index (χ0v) is 8.38. The molecule has 0 atom stereocenters. The number of fused-ring (bicyclic) bond motifs is 1. The minimum absolute atomic E-state index is 0.149. The van der Waals surface area contributed by atoms with Crippen LogP contribution in [0.4, 0.5) is 0 Å². The average Bonchev–Trinajstić information content (AvgIpc) is 2.61. The van der Waals surface area contributed by atoms with Crippen molar-refractivity contribution in [2.75, 3.05) is 6.61 Å². The van der Waals surface area contributed by atoms with E-state index in [4.69, 9.17) is 16.3 Å². The predicted octanol–water partition coefficient (Wildman–Crippen LogP) is 1.80. The molecule has 2 heterocycles. The lowest BCUT2D eigenvalue weighted by Gasteiger charge is -2.03. The Kier molecular flexibility index (Phi) is 2.49. The van der Waals surface area contributed by atoms with E-state index in [1.165, 1.54) is 6.33 Å². The van der Waals surface area contributed by atoms with Crippen molar-refractivity contribution in [3.63, 3.8) is 0 Å². The monoisotopic (exact) mass is 212 g/mol. The molecule has 0 aromatic carbocycles. The Hall–Kier alpha value is -1.36. The van der Waals surface area contributed by atoms with E-state index in [0.29, 0.717) is 23.7 Å². The van der Waals surface area contributed by atoms with Gasteiger partial charge < -0.3 is 9.72 Å². The van der Waals surface area contributed by atoms with Crippen molar-refractivity contribution in [3.8, 4) is 5.88 Å². The number of hydrogen-bond acceptors (Lipinski definition) is 4. The van der Waals surface area contributed by atoms with Crippen LogP contribution in [0.25, 0.3) is 11.2 Å². The van der Waals surface area contributed by atoms with Crippen LogP contribution in [-0.4, -0.2) is 26.5 Å². The third kappa shape index (κ3) is 1.63. The molecule has 0 unspecified atom stereocenters. The largest absolute Gasteiger partial charge is 0.476 e. The van der Waals surface area contributed by atoms with Gasteiger partial charge in [-0.25, -0.2) is 4.98 Å². The molecule has 14 heavy (non-hydrogen) atoms. The summed E-state index contributed by atoms with van der Waals surface area (Å²) in [7, 11) is 0. The summed E-state index contributed by atoms with van der Waals surface area (Å²) < 4.78 is 5.40. The molecule has 0 aliphatic heterocycles. The van der Waals surface area contributed by atoms with Crippen LogP contribution in [0.5, 0.6) is 5.88 Å². The van der Waals surface area contributed by atoms with E-state index in [1.807, 2.05) is 6.92 Å². The number of aromatic amines is 1. The van der Waals surface area contributed by atoms with Crippen molar-refractivity contribution in [3.05, 3.63) is 11.6 Å². The van der Waals surface area contributed by atoms with Gasteiger partial charge in [0.1, 0.15) is 5.52 Å². The van der Waals surface area contributed by atoms with E-state index < -0.39 is 0 Å². The second kappa shape index (κ2) is 3.79. The summed E-state index contributed by atoms with van der Waals surface area (Å²) in [5.41, 5.74) is 1.21. The van der Waals surface area contributed by atoms with Gasteiger partial charge in [0.2, 0.25) is 11.2 Å². The van der Waals surface area contributed by atoms with Gasteiger partial charge in [-0.3, -0.25) is 0 Å². The van der Waals surface area contributed by atoms with Gasteiger partial charge in [-0.2, -0.15) is 9.97 Å². The van der Waals surface area contributed by atoms with Crippen LogP contribution < -0.4 is 4.74 Å². The Labute approximate surface area is 85.5 Å². The van der Waals surface area contributed by atoms with Crippen LogP contribution in [-0.2, 0) is 0 Å². The number of rotatable bonds is 3. The Morgan fingerprint density at radius 1 is 1.50 bits per heavy atom. The van der Waals surface area contributed by atoms with Gasteiger partial charge >= 0.3 is 0 Å². The number of imidazole rings is 1. The molecule has 0 saturated heterocycles. The summed E-state index contributed by atoms with van der Waals surface area (Å²) in [6, 6.07) is 0. The summed E-state index contributed by atoms with van der Waals surface area (Å²) in [5, 5.41) is 0.149. The Morgan fingerprint density at radius 2 is 2.36 bits per heavy atom. The third-order valence-corrected chi connectivity index (χ3v) is 1.84. The fourth-order valence-electron chi connectivity index (χ4n) is 1.08. The van der Waals surface area contributed by atoms with Crippen molar-refractivity contribution >= 4 is 22.8 Å². The van der Waals surface area contributed by atoms with Crippen molar-refractivity contribution in [2.24, 2.45) is 0 Å². The van der Waals surface area contributed by atoms with Gasteiger partial charge in [0.05, 0.1) is 12.9 Å². The topological polar surface area (TPSA) is 63.7 Å². The smallest absolute Gasteiger partial charge is 0.244 e. The number of ether oxygens (including phenoxy) is 1. The first-order valence-electron chi connectivity index (χ1n) is 4.30. The van der Waals surface area contributed by atoms with Crippen molar-refractivity contribution < 1.29 is 4.74 Å². The molecule has 0 spiro atoms. The van der Waals surface area contributed by atoms with Crippen LogP contribution in [0.3, 0.4) is 0 Å². The molecule has 1 N–H and O–H groups in total. The zero-order valence-electron chi connectivity index (χ0n) is 7.62. The molecular weight excluding hydrogens is 204 g/mol. The summed E-state index contributed by atoms with van der Waals surface area (Å²) in [4.78, 5) is 14.8. The maximum Gasteiger partial charge on any atom is 0.244 e. The van der Waals surface area contributed by atoms with Crippen molar-refractivity contribution in [2.45, 2.75) is 13.3 Å². The van der Waals surface area contributed by atoms with Gasteiger partial charge in [0.25, 0.3) is 0 Å². The molecule has 0 bridgehead atoms. The zero-order chi connectivity index (χ0) is 9.97. The van der Waals surface area contributed by atoms with Gasteiger partial charge in [0.15, 0.2) is 5.65 Å². The lowest BCUT2D eigenvalue weighted by Crippen LogP contribution is -1.99. The average molecular weight is 213 g/mol. The van der Waals surface area contributed by atoms with Gasteiger partial charge in [0, 0.05) is 0 Å². The molecule has 2 aromatic rings. The molecule has 74 valence electrons. The first-order valence-corrected chi connectivity index (χ1v) is 4.68. The summed E-state index contributed by atoms with van der Waals surface area (Å²) in [5.74, 6) is 0.458. The molecule has 0 saturated carbocycles. The lowest BCUT2D eigenvalue weighted by molar-refractivity contribution is 0.308. The van der Waals surface area contributed by atoms with Gasteiger partial charge in [-0.05, 0) is 18.0 Å². The Morgan fingerprint density at radius 3 is 3.14 bits per heavy atom. The molecule has 0 aliphatic rings. The molecule has 6 heteroatoms. The second-order valence-electron chi connectivity index (χ2n) is 2.75. The van der Waals surface area contributed by atoms with Gasteiger partial charge in [-0.1, -0.05) is 6.92 Å². The molecule has 0 aliphatic carbocycles. The summed E-state index contributed by atoms with van der Waals surface area (Å²) in [6.07, 6.45) is 2.45. The number of halogens is 1. The van der Waals surface area contributed by atoms with Crippen molar-refractivity contribution in [1.82, 2.24) is 19.9 Å². The number of nitrogens with zero attached hydrogens (tertiary/aromatic N) is 3. The van der Waals surface area contributed by atoms with Gasteiger partial charge in [-0.15, -0.1) is 0 Å². The SMILES string of the molecule is CCCOc1nc(Cl)nc2nc[nH]c12. The first kappa shape index (κ1) is 9.21. The standard InChI is InChI=1S/C8H9ClN4O/c1-2-3-14-7-5-6(11-4-10-5)12-8(9)13-7/h4H,2-3H2,1H3,(H,10,11,12,13). The maximum atomic E-state index is 5.70. The fourth-order valence-corrected chi connectivity index (χ4v) is 1.24. The Bertz CT molecular complexity index is 442. The minimum Gasteiger partial charge on any atom is -0.476 e. The molecule has 0 amide bonds. The predicted molar refractivity (Wildman–Crippen MR) is 52.5 cm³/mol. The van der Waals surface area contributed by atoms with Crippen molar-refractivity contribution in [1.29, 1.82) is 0 Å². The van der Waals surface area contributed by atoms with E-state index in [0.717, 1.165) is 6.42 Å². The molecular formula is C8H9ClN4O. The first-order chi connectivity index (χ1) is 6.81. The van der Waals surface area contributed by atoms with Crippen LogP contribution in [0.15, 0.2) is 6.33 Å². The van der Waals surface area contributed by atoms with Crippen LogP contribution in [0.2, 0.25) is 5.28 Å². The van der Waals surface area contributed by atoms with Crippen LogP contribution >= 0.6 is 11.6 Å². The maximum absolute atomic E-state index is 5.70. The third-order valence-electron chi connectivity index (χ3n) is 1.67. The van der Waals surface area contributed by atoms with E-state index in [-0.39, 0.29) is 5.28 Å². The molecule has 2 aromatic heterocycles. The van der Waals surface area contributed by atoms with E-state index in [2.05, 4.69) is 19.9 Å². The van der Waals surface area contributed by atoms with Crippen LogP contribution in [0, 0.1) is 0 Å². The number of H-pyrrole nitrogens is 1. The lowest BCUT2D eigenvalue weighted by atomic mass is 10.5. The molecule has 0 fully saturated rings. The molecule has 2 rings (SSSR count). The van der Waals surface area contributed by atoms with E-state index in [1.54, 1.807) is 0 Å². The highest BCUT2D eigenvalue weighted by Gasteiger charge is 2.09.